The highest BCUT2D eigenvalue weighted by Gasteiger charge is 2.06. The van der Waals surface area contributed by atoms with Gasteiger partial charge in [-0.2, -0.15) is 0 Å². The molecule has 1 nitrogen and oxygen atoms in total. The first-order valence-corrected chi connectivity index (χ1v) is 6.01. The highest BCUT2D eigenvalue weighted by atomic mass is 19.1. The predicted octanol–water partition coefficient (Wildman–Crippen LogP) is 3.91. The third kappa shape index (κ3) is 1.90. The van der Waals surface area contributed by atoms with Crippen molar-refractivity contribution in [1.29, 1.82) is 0 Å². The minimum atomic E-state index is -0.173. The molecule has 0 aliphatic rings. The maximum Gasteiger partial charge on any atom is 0.123 e. The molecule has 18 heavy (non-hydrogen) atoms. The fourth-order valence-corrected chi connectivity index (χ4v) is 2.43. The Morgan fingerprint density at radius 1 is 1.06 bits per heavy atom. The Morgan fingerprint density at radius 2 is 1.89 bits per heavy atom. The quantitative estimate of drug-likeness (QED) is 0.639. The van der Waals surface area contributed by atoms with Crippen LogP contribution in [0.1, 0.15) is 11.1 Å². The summed E-state index contributed by atoms with van der Waals surface area (Å²) in [6.07, 6.45) is 2.88. The molecule has 0 aliphatic carbocycles. The van der Waals surface area contributed by atoms with E-state index in [9.17, 15) is 4.39 Å². The van der Waals surface area contributed by atoms with E-state index in [1.165, 1.54) is 22.5 Å². The number of halogens is 1. The van der Waals surface area contributed by atoms with Gasteiger partial charge in [0.25, 0.3) is 0 Å². The Labute approximate surface area is 105 Å². The molecule has 0 aliphatic heterocycles. The zero-order valence-corrected chi connectivity index (χ0v) is 10.2. The van der Waals surface area contributed by atoms with Crippen LogP contribution in [0.5, 0.6) is 0 Å². The van der Waals surface area contributed by atoms with E-state index in [0.717, 1.165) is 12.0 Å². The van der Waals surface area contributed by atoms with Crippen molar-refractivity contribution in [3.8, 4) is 0 Å². The number of nitrogens with zero attached hydrogens (tertiary/aromatic N) is 1. The van der Waals surface area contributed by atoms with E-state index in [-0.39, 0.29) is 5.82 Å². The zero-order valence-electron chi connectivity index (χ0n) is 10.2. The number of benzene rings is 2. The molecule has 0 atom stereocenters. The molecule has 0 N–H and O–H groups in total. The van der Waals surface area contributed by atoms with Crippen LogP contribution in [0, 0.1) is 5.82 Å². The largest absolute Gasteiger partial charge is 0.350 e. The number of rotatable bonds is 2. The molecule has 0 amide bonds. The average Bonchev–Trinajstić information content (AvgIpc) is 2.67. The first-order chi connectivity index (χ1) is 8.74. The summed E-state index contributed by atoms with van der Waals surface area (Å²) in [7, 11) is 2.04. The van der Waals surface area contributed by atoms with Gasteiger partial charge in [-0.3, -0.25) is 0 Å². The van der Waals surface area contributed by atoms with Crippen LogP contribution in [0.3, 0.4) is 0 Å². The van der Waals surface area contributed by atoms with E-state index >= 15 is 0 Å². The van der Waals surface area contributed by atoms with Crippen LogP contribution in [-0.2, 0) is 13.5 Å². The summed E-state index contributed by atoms with van der Waals surface area (Å²) in [5.74, 6) is -0.173. The molecule has 0 saturated carbocycles. The lowest BCUT2D eigenvalue weighted by atomic mass is 10.0. The molecule has 0 bridgehead atoms. The van der Waals surface area contributed by atoms with Gasteiger partial charge in [0.15, 0.2) is 0 Å². The smallest absolute Gasteiger partial charge is 0.123 e. The first-order valence-electron chi connectivity index (χ1n) is 6.01. The first kappa shape index (κ1) is 11.0. The van der Waals surface area contributed by atoms with Gasteiger partial charge in [0.05, 0.1) is 0 Å². The Kier molecular flexibility index (Phi) is 2.63. The Bertz CT molecular complexity index is 697. The van der Waals surface area contributed by atoms with Gasteiger partial charge >= 0.3 is 0 Å². The van der Waals surface area contributed by atoms with Gasteiger partial charge in [-0.05, 0) is 35.7 Å². The maximum absolute atomic E-state index is 13.2. The minimum absolute atomic E-state index is 0.173. The van der Waals surface area contributed by atoms with Crippen molar-refractivity contribution in [2.24, 2.45) is 7.05 Å². The molecule has 0 spiro atoms. The van der Waals surface area contributed by atoms with Crippen molar-refractivity contribution in [3.05, 3.63) is 71.7 Å². The zero-order chi connectivity index (χ0) is 12.5. The summed E-state index contributed by atoms with van der Waals surface area (Å²) in [5.41, 5.74) is 3.45. The molecular weight excluding hydrogens is 225 g/mol. The predicted molar refractivity (Wildman–Crippen MR) is 72.1 cm³/mol. The van der Waals surface area contributed by atoms with E-state index in [0.29, 0.717) is 0 Å². The fraction of sp³-hybridized carbons (Fsp3) is 0.125. The number of aryl methyl sites for hydroxylation is 1. The van der Waals surface area contributed by atoms with Crippen molar-refractivity contribution in [3.63, 3.8) is 0 Å². The SMILES string of the molecule is Cn1cc(Cc2cccc(F)c2)c2ccccc21. The van der Waals surface area contributed by atoms with Crippen LogP contribution in [0.2, 0.25) is 0 Å². The third-order valence-electron chi connectivity index (χ3n) is 3.26. The number of fused-ring (bicyclic) bond motifs is 1. The van der Waals surface area contributed by atoms with Crippen molar-refractivity contribution < 1.29 is 4.39 Å². The van der Waals surface area contributed by atoms with Crippen LogP contribution < -0.4 is 0 Å². The van der Waals surface area contributed by atoms with Crippen molar-refractivity contribution in [2.75, 3.05) is 0 Å². The second-order valence-electron chi connectivity index (χ2n) is 4.59. The summed E-state index contributed by atoms with van der Waals surface area (Å²) in [5, 5.41) is 1.24. The van der Waals surface area contributed by atoms with Gasteiger partial charge < -0.3 is 4.57 Å². The van der Waals surface area contributed by atoms with Crippen molar-refractivity contribution in [1.82, 2.24) is 4.57 Å². The monoisotopic (exact) mass is 239 g/mol. The average molecular weight is 239 g/mol. The van der Waals surface area contributed by atoms with Gasteiger partial charge in [0.1, 0.15) is 5.82 Å². The van der Waals surface area contributed by atoms with Crippen LogP contribution in [0.15, 0.2) is 54.7 Å². The second-order valence-corrected chi connectivity index (χ2v) is 4.59. The summed E-state index contributed by atoms with van der Waals surface area (Å²) in [4.78, 5) is 0. The van der Waals surface area contributed by atoms with Crippen molar-refractivity contribution >= 4 is 10.9 Å². The minimum Gasteiger partial charge on any atom is -0.350 e. The molecular formula is C16H14FN. The molecule has 3 rings (SSSR count). The van der Waals surface area contributed by atoms with E-state index in [1.54, 1.807) is 12.1 Å². The molecule has 2 heteroatoms. The third-order valence-corrected chi connectivity index (χ3v) is 3.26. The molecule has 0 radical (unpaired) electrons. The summed E-state index contributed by atoms with van der Waals surface area (Å²) in [6, 6.07) is 15.1. The van der Waals surface area contributed by atoms with Gasteiger partial charge in [0.2, 0.25) is 0 Å². The Hall–Kier alpha value is -2.09. The number of para-hydroxylation sites is 1. The van der Waals surface area contributed by atoms with Crippen LogP contribution in [0.25, 0.3) is 10.9 Å². The topological polar surface area (TPSA) is 4.93 Å². The van der Waals surface area contributed by atoms with Crippen LogP contribution in [-0.4, -0.2) is 4.57 Å². The van der Waals surface area contributed by atoms with Gasteiger partial charge in [-0.1, -0.05) is 30.3 Å². The standard InChI is InChI=1S/C16H14FN/c1-18-11-13(15-7-2-3-8-16(15)18)9-12-5-4-6-14(17)10-12/h2-8,10-11H,9H2,1H3. The lowest BCUT2D eigenvalue weighted by Crippen LogP contribution is -1.88. The molecule has 90 valence electrons. The molecule has 3 aromatic rings. The van der Waals surface area contributed by atoms with E-state index in [2.05, 4.69) is 22.9 Å². The van der Waals surface area contributed by atoms with Gasteiger partial charge in [0, 0.05) is 24.1 Å². The van der Waals surface area contributed by atoms with Gasteiger partial charge in [-0.15, -0.1) is 0 Å². The molecule has 1 heterocycles. The molecule has 0 fully saturated rings. The molecule has 0 saturated heterocycles. The highest BCUT2D eigenvalue weighted by Crippen LogP contribution is 2.23. The summed E-state index contributed by atoms with van der Waals surface area (Å²) < 4.78 is 15.3. The Balaban J connectivity index is 2.05. The lowest BCUT2D eigenvalue weighted by molar-refractivity contribution is 0.626. The van der Waals surface area contributed by atoms with E-state index in [1.807, 2.05) is 25.2 Å². The normalized spacial score (nSPS) is 11.0. The molecule has 2 aromatic carbocycles. The number of hydrogen-bond donors (Lipinski definition) is 0. The maximum atomic E-state index is 13.2. The molecule has 0 unspecified atom stereocenters. The highest BCUT2D eigenvalue weighted by molar-refractivity contribution is 5.84. The van der Waals surface area contributed by atoms with Crippen LogP contribution in [0.4, 0.5) is 4.39 Å². The van der Waals surface area contributed by atoms with Crippen molar-refractivity contribution in [2.45, 2.75) is 6.42 Å². The van der Waals surface area contributed by atoms with E-state index in [4.69, 9.17) is 0 Å². The fourth-order valence-electron chi connectivity index (χ4n) is 2.43. The van der Waals surface area contributed by atoms with Gasteiger partial charge in [-0.25, -0.2) is 4.39 Å². The number of aromatic nitrogens is 1. The lowest BCUT2D eigenvalue weighted by Gasteiger charge is -2.00. The Morgan fingerprint density at radius 3 is 2.72 bits per heavy atom. The molecule has 1 aromatic heterocycles. The number of hydrogen-bond acceptors (Lipinski definition) is 0. The van der Waals surface area contributed by atoms with Crippen LogP contribution >= 0.6 is 0 Å². The van der Waals surface area contributed by atoms with E-state index < -0.39 is 0 Å². The summed E-state index contributed by atoms with van der Waals surface area (Å²) in [6.45, 7) is 0. The summed E-state index contributed by atoms with van der Waals surface area (Å²) >= 11 is 0. The second kappa shape index (κ2) is 4.30.